The topological polar surface area (TPSA) is 70.2 Å². The van der Waals surface area contributed by atoms with Crippen LogP contribution in [-0.4, -0.2) is 42.1 Å². The van der Waals surface area contributed by atoms with Crippen LogP contribution in [0, 0.1) is 0 Å². The van der Waals surface area contributed by atoms with Crippen molar-refractivity contribution in [2.75, 3.05) is 24.3 Å². The quantitative estimate of drug-likeness (QED) is 0.586. The van der Waals surface area contributed by atoms with E-state index in [9.17, 15) is 4.79 Å². The van der Waals surface area contributed by atoms with Gasteiger partial charge in [-0.1, -0.05) is 48.5 Å². The third kappa shape index (κ3) is 5.63. The molecule has 0 radical (unpaired) electrons. The van der Waals surface area contributed by atoms with Gasteiger partial charge in [-0.05, 0) is 55.4 Å². The van der Waals surface area contributed by atoms with Gasteiger partial charge >= 0.3 is 0 Å². The van der Waals surface area contributed by atoms with Gasteiger partial charge < -0.3 is 15.5 Å². The average Bonchev–Trinajstić information content (AvgIpc) is 2.81. The maximum atomic E-state index is 13.0. The second kappa shape index (κ2) is 10.3. The Morgan fingerprint density at radius 2 is 1.62 bits per heavy atom. The molecule has 166 valence electrons. The SMILES string of the molecule is CN(C)c1ccnc(NC2CCC(NC(=O)c3ccccc3Cc3ccccc3)CC2)n1. The number of carbonyl (C=O) groups excluding carboxylic acids is 1. The molecule has 1 aromatic heterocycles. The summed E-state index contributed by atoms with van der Waals surface area (Å²) in [4.78, 5) is 23.9. The van der Waals surface area contributed by atoms with Crippen LogP contribution in [-0.2, 0) is 6.42 Å². The lowest BCUT2D eigenvalue weighted by Gasteiger charge is -2.30. The van der Waals surface area contributed by atoms with E-state index in [-0.39, 0.29) is 11.9 Å². The lowest BCUT2D eigenvalue weighted by molar-refractivity contribution is 0.0925. The summed E-state index contributed by atoms with van der Waals surface area (Å²) in [5.41, 5.74) is 3.04. The van der Waals surface area contributed by atoms with Crippen molar-refractivity contribution >= 4 is 17.7 Å². The molecule has 1 aliphatic rings. The molecule has 1 heterocycles. The van der Waals surface area contributed by atoms with Gasteiger partial charge in [0, 0.05) is 37.9 Å². The zero-order valence-corrected chi connectivity index (χ0v) is 18.8. The largest absolute Gasteiger partial charge is 0.363 e. The number of nitrogens with one attached hydrogen (secondary N) is 2. The number of hydrogen-bond acceptors (Lipinski definition) is 5. The Balaban J connectivity index is 1.32. The summed E-state index contributed by atoms with van der Waals surface area (Å²) in [6.07, 6.45) is 6.38. The molecular formula is C26H31N5O. The van der Waals surface area contributed by atoms with Crippen LogP contribution >= 0.6 is 0 Å². The van der Waals surface area contributed by atoms with Crippen molar-refractivity contribution in [2.45, 2.75) is 44.2 Å². The molecule has 3 aromatic rings. The minimum Gasteiger partial charge on any atom is -0.363 e. The number of anilines is 2. The summed E-state index contributed by atoms with van der Waals surface area (Å²) in [6, 6.07) is 20.6. The number of aromatic nitrogens is 2. The van der Waals surface area contributed by atoms with Crippen LogP contribution in [0.4, 0.5) is 11.8 Å². The lowest BCUT2D eigenvalue weighted by Crippen LogP contribution is -2.40. The van der Waals surface area contributed by atoms with Crippen molar-refractivity contribution < 1.29 is 4.79 Å². The number of rotatable bonds is 7. The summed E-state index contributed by atoms with van der Waals surface area (Å²) in [5, 5.41) is 6.72. The molecule has 0 unspecified atom stereocenters. The first kappa shape index (κ1) is 21.8. The van der Waals surface area contributed by atoms with Crippen molar-refractivity contribution in [2.24, 2.45) is 0 Å². The first-order chi connectivity index (χ1) is 15.6. The third-order valence-electron chi connectivity index (χ3n) is 5.99. The van der Waals surface area contributed by atoms with Gasteiger partial charge in [-0.3, -0.25) is 4.79 Å². The Labute approximate surface area is 190 Å². The van der Waals surface area contributed by atoms with Crippen molar-refractivity contribution in [3.63, 3.8) is 0 Å². The molecular weight excluding hydrogens is 398 g/mol. The van der Waals surface area contributed by atoms with E-state index in [1.807, 2.05) is 67.5 Å². The maximum Gasteiger partial charge on any atom is 0.251 e. The zero-order chi connectivity index (χ0) is 22.3. The summed E-state index contributed by atoms with van der Waals surface area (Å²) >= 11 is 0. The smallest absolute Gasteiger partial charge is 0.251 e. The molecule has 6 heteroatoms. The van der Waals surface area contributed by atoms with Crippen molar-refractivity contribution in [1.29, 1.82) is 0 Å². The maximum absolute atomic E-state index is 13.0. The van der Waals surface area contributed by atoms with E-state index in [1.165, 1.54) is 5.56 Å². The molecule has 0 saturated heterocycles. The molecule has 2 N–H and O–H groups in total. The Morgan fingerprint density at radius 3 is 2.38 bits per heavy atom. The van der Waals surface area contributed by atoms with Crippen LogP contribution in [0.15, 0.2) is 66.9 Å². The summed E-state index contributed by atoms with van der Waals surface area (Å²) in [6.45, 7) is 0. The fraction of sp³-hybridized carbons (Fsp3) is 0.346. The molecule has 1 aliphatic carbocycles. The average molecular weight is 430 g/mol. The highest BCUT2D eigenvalue weighted by Gasteiger charge is 2.24. The Kier molecular flexibility index (Phi) is 7.00. The van der Waals surface area contributed by atoms with Gasteiger partial charge in [-0.2, -0.15) is 4.98 Å². The van der Waals surface area contributed by atoms with Crippen molar-refractivity contribution in [3.8, 4) is 0 Å². The van der Waals surface area contributed by atoms with E-state index in [0.717, 1.165) is 49.0 Å². The minimum atomic E-state index is 0.0231. The van der Waals surface area contributed by atoms with Gasteiger partial charge in [0.25, 0.3) is 5.91 Å². The second-order valence-electron chi connectivity index (χ2n) is 8.62. The fourth-order valence-electron chi connectivity index (χ4n) is 4.21. The Hall–Kier alpha value is -3.41. The molecule has 1 saturated carbocycles. The summed E-state index contributed by atoms with van der Waals surface area (Å²) in [5.74, 6) is 1.58. The molecule has 32 heavy (non-hydrogen) atoms. The summed E-state index contributed by atoms with van der Waals surface area (Å²) < 4.78 is 0. The molecule has 1 amide bonds. The van der Waals surface area contributed by atoms with E-state index in [0.29, 0.717) is 12.0 Å². The van der Waals surface area contributed by atoms with Crippen LogP contribution < -0.4 is 15.5 Å². The number of benzene rings is 2. The third-order valence-corrected chi connectivity index (χ3v) is 5.99. The summed E-state index contributed by atoms with van der Waals surface area (Å²) in [7, 11) is 3.94. The number of carbonyl (C=O) groups is 1. The molecule has 2 aromatic carbocycles. The van der Waals surface area contributed by atoms with Gasteiger partial charge in [-0.25, -0.2) is 4.98 Å². The van der Waals surface area contributed by atoms with Crippen LogP contribution in [0.5, 0.6) is 0 Å². The molecule has 0 atom stereocenters. The number of hydrogen-bond donors (Lipinski definition) is 2. The minimum absolute atomic E-state index is 0.0231. The zero-order valence-electron chi connectivity index (χ0n) is 18.8. The normalized spacial score (nSPS) is 18.1. The highest BCUT2D eigenvalue weighted by molar-refractivity contribution is 5.96. The molecule has 0 aliphatic heterocycles. The van der Waals surface area contributed by atoms with Crippen molar-refractivity contribution in [3.05, 3.63) is 83.6 Å². The second-order valence-corrected chi connectivity index (χ2v) is 8.62. The van der Waals surface area contributed by atoms with Crippen LogP contribution in [0.1, 0.15) is 47.2 Å². The fourth-order valence-corrected chi connectivity index (χ4v) is 4.21. The first-order valence-electron chi connectivity index (χ1n) is 11.3. The Bertz CT molecular complexity index is 1030. The molecule has 1 fully saturated rings. The Morgan fingerprint density at radius 1 is 0.938 bits per heavy atom. The van der Waals surface area contributed by atoms with Gasteiger partial charge in [0.15, 0.2) is 0 Å². The predicted octanol–water partition coefficient (Wildman–Crippen LogP) is 4.29. The standard InChI is InChI=1S/C26H31N5O/c1-31(2)24-16-17-27-26(30-24)29-22-14-12-21(13-15-22)28-25(32)23-11-7-6-10-20(23)18-19-8-4-3-5-9-19/h3-11,16-17,21-22H,12-15,18H2,1-2H3,(H,28,32)(H,27,29,30). The van der Waals surface area contributed by atoms with Gasteiger partial charge in [0.2, 0.25) is 5.95 Å². The van der Waals surface area contributed by atoms with E-state index in [2.05, 4.69) is 32.7 Å². The van der Waals surface area contributed by atoms with Gasteiger partial charge in [0.05, 0.1) is 0 Å². The van der Waals surface area contributed by atoms with E-state index < -0.39 is 0 Å². The van der Waals surface area contributed by atoms with E-state index in [4.69, 9.17) is 0 Å². The molecule has 6 nitrogen and oxygen atoms in total. The van der Waals surface area contributed by atoms with Crippen molar-refractivity contribution in [1.82, 2.24) is 15.3 Å². The predicted molar refractivity (Wildman–Crippen MR) is 129 cm³/mol. The van der Waals surface area contributed by atoms with Crippen LogP contribution in [0.3, 0.4) is 0 Å². The highest BCUT2D eigenvalue weighted by Crippen LogP contribution is 2.23. The molecule has 0 bridgehead atoms. The van der Waals surface area contributed by atoms with Gasteiger partial charge in [-0.15, -0.1) is 0 Å². The van der Waals surface area contributed by atoms with Crippen LogP contribution in [0.2, 0.25) is 0 Å². The molecule has 0 spiro atoms. The first-order valence-corrected chi connectivity index (χ1v) is 11.3. The molecule has 4 rings (SSSR count). The van der Waals surface area contributed by atoms with Crippen LogP contribution in [0.25, 0.3) is 0 Å². The van der Waals surface area contributed by atoms with E-state index in [1.54, 1.807) is 6.20 Å². The number of nitrogens with zero attached hydrogens (tertiary/aromatic N) is 3. The van der Waals surface area contributed by atoms with E-state index >= 15 is 0 Å². The number of amides is 1. The highest BCUT2D eigenvalue weighted by atomic mass is 16.1. The monoisotopic (exact) mass is 429 g/mol. The lowest BCUT2D eigenvalue weighted by atomic mass is 9.90. The van der Waals surface area contributed by atoms with Gasteiger partial charge in [0.1, 0.15) is 5.82 Å².